The summed E-state index contributed by atoms with van der Waals surface area (Å²) in [7, 11) is 0. The van der Waals surface area contributed by atoms with Crippen molar-refractivity contribution < 1.29 is 9.18 Å². The average molecular weight is 216 g/mol. The molecule has 0 aromatic heterocycles. The van der Waals surface area contributed by atoms with Crippen molar-refractivity contribution in [3.63, 3.8) is 0 Å². The molecule has 0 radical (unpaired) electrons. The van der Waals surface area contributed by atoms with E-state index in [0.29, 0.717) is 17.7 Å². The Kier molecular flexibility index (Phi) is 3.47. The highest BCUT2D eigenvalue weighted by molar-refractivity contribution is 6.33. The maximum Gasteiger partial charge on any atom is 0.221 e. The summed E-state index contributed by atoms with van der Waals surface area (Å²) >= 11 is 5.80. The Morgan fingerprint density at radius 3 is 2.71 bits per heavy atom. The Morgan fingerprint density at radius 1 is 1.57 bits per heavy atom. The molecule has 0 atom stereocenters. The summed E-state index contributed by atoms with van der Waals surface area (Å²) in [6.07, 6.45) is 0.618. The number of hydrogen-bond donors (Lipinski definition) is 1. The van der Waals surface area contributed by atoms with Gasteiger partial charge in [-0.25, -0.2) is 4.39 Å². The smallest absolute Gasteiger partial charge is 0.221 e. The second kappa shape index (κ2) is 4.42. The first-order valence-electron chi connectivity index (χ1n) is 4.30. The minimum Gasteiger partial charge on any atom is -0.325 e. The van der Waals surface area contributed by atoms with E-state index in [1.54, 1.807) is 0 Å². The van der Waals surface area contributed by atoms with Crippen LogP contribution in [0.4, 0.5) is 10.1 Å². The van der Waals surface area contributed by atoms with Crippen molar-refractivity contribution in [1.29, 1.82) is 0 Å². The number of hydrogen-bond acceptors (Lipinski definition) is 1. The zero-order valence-corrected chi connectivity index (χ0v) is 8.78. The van der Waals surface area contributed by atoms with Gasteiger partial charge in [0.05, 0.1) is 10.7 Å². The first-order valence-corrected chi connectivity index (χ1v) is 4.68. The van der Waals surface area contributed by atoms with Crippen LogP contribution in [0.2, 0.25) is 5.02 Å². The van der Waals surface area contributed by atoms with Crippen LogP contribution in [-0.4, -0.2) is 5.91 Å². The minimum absolute atomic E-state index is 0.215. The molecule has 0 saturated heterocycles. The minimum atomic E-state index is -0.388. The summed E-state index contributed by atoms with van der Waals surface area (Å²) in [6, 6.07) is 2.56. The van der Waals surface area contributed by atoms with Gasteiger partial charge < -0.3 is 5.32 Å². The molecule has 0 fully saturated rings. The van der Waals surface area contributed by atoms with Crippen LogP contribution in [0.15, 0.2) is 12.1 Å². The zero-order chi connectivity index (χ0) is 10.7. The fourth-order valence-electron chi connectivity index (χ4n) is 1.22. The fraction of sp³-hybridized carbons (Fsp3) is 0.300. The van der Waals surface area contributed by atoms with Crippen LogP contribution in [-0.2, 0) is 11.2 Å². The molecule has 1 rings (SSSR count). The zero-order valence-electron chi connectivity index (χ0n) is 8.03. The SMILES string of the molecule is CCc1cc(F)cc(Cl)c1NC(C)=O. The molecule has 1 aromatic rings. The van der Waals surface area contributed by atoms with Gasteiger partial charge in [0.1, 0.15) is 5.82 Å². The molecule has 14 heavy (non-hydrogen) atoms. The second-order valence-electron chi connectivity index (χ2n) is 2.96. The van der Waals surface area contributed by atoms with Gasteiger partial charge in [-0.1, -0.05) is 18.5 Å². The second-order valence-corrected chi connectivity index (χ2v) is 3.36. The first-order chi connectivity index (χ1) is 6.54. The van der Waals surface area contributed by atoms with Crippen molar-refractivity contribution >= 4 is 23.2 Å². The number of nitrogens with one attached hydrogen (secondary N) is 1. The monoisotopic (exact) mass is 215 g/mol. The van der Waals surface area contributed by atoms with Gasteiger partial charge in [-0.05, 0) is 24.1 Å². The van der Waals surface area contributed by atoms with Crippen LogP contribution in [0.1, 0.15) is 19.4 Å². The van der Waals surface area contributed by atoms with Crippen LogP contribution < -0.4 is 5.32 Å². The summed E-state index contributed by atoms with van der Waals surface area (Å²) in [5.74, 6) is -0.603. The standard InChI is InChI=1S/C10H11ClFNO/c1-3-7-4-8(12)5-9(11)10(7)13-6(2)14/h4-5H,3H2,1-2H3,(H,13,14). The maximum atomic E-state index is 12.9. The van der Waals surface area contributed by atoms with Crippen molar-refractivity contribution in [3.05, 3.63) is 28.5 Å². The molecule has 1 amide bonds. The van der Waals surface area contributed by atoms with E-state index in [1.165, 1.54) is 19.1 Å². The quantitative estimate of drug-likeness (QED) is 0.808. The number of amides is 1. The summed E-state index contributed by atoms with van der Waals surface area (Å²) in [5.41, 5.74) is 1.20. The van der Waals surface area contributed by atoms with Crippen LogP contribution >= 0.6 is 11.6 Å². The van der Waals surface area contributed by atoms with Gasteiger partial charge in [0.2, 0.25) is 5.91 Å². The van der Waals surface area contributed by atoms with Crippen LogP contribution in [0.25, 0.3) is 0 Å². The van der Waals surface area contributed by atoms with Crippen molar-refractivity contribution in [2.75, 3.05) is 5.32 Å². The number of halogens is 2. The van der Waals surface area contributed by atoms with Crippen molar-refractivity contribution in [1.82, 2.24) is 0 Å². The Bertz CT molecular complexity index is 365. The molecular weight excluding hydrogens is 205 g/mol. The molecule has 0 spiro atoms. The molecule has 2 nitrogen and oxygen atoms in total. The maximum absolute atomic E-state index is 12.9. The summed E-state index contributed by atoms with van der Waals surface area (Å²) in [6.45, 7) is 3.26. The van der Waals surface area contributed by atoms with Crippen LogP contribution in [0.3, 0.4) is 0 Å². The van der Waals surface area contributed by atoms with Gasteiger partial charge >= 0.3 is 0 Å². The fourth-order valence-corrected chi connectivity index (χ4v) is 1.49. The molecule has 1 aromatic carbocycles. The van der Waals surface area contributed by atoms with Gasteiger partial charge in [0, 0.05) is 6.92 Å². The summed E-state index contributed by atoms with van der Waals surface area (Å²) in [5, 5.41) is 2.82. The van der Waals surface area contributed by atoms with Gasteiger partial charge in [-0.2, -0.15) is 0 Å². The van der Waals surface area contributed by atoms with Gasteiger partial charge in [0.25, 0.3) is 0 Å². The molecule has 0 aliphatic carbocycles. The van der Waals surface area contributed by atoms with Crippen LogP contribution in [0, 0.1) is 5.82 Å². The number of rotatable bonds is 2. The van der Waals surface area contributed by atoms with E-state index in [4.69, 9.17) is 11.6 Å². The number of aryl methyl sites for hydroxylation is 1. The summed E-state index contributed by atoms with van der Waals surface area (Å²) < 4.78 is 12.9. The van der Waals surface area contributed by atoms with E-state index in [0.717, 1.165) is 0 Å². The van der Waals surface area contributed by atoms with E-state index >= 15 is 0 Å². The molecule has 0 bridgehead atoms. The number of benzene rings is 1. The van der Waals surface area contributed by atoms with Crippen molar-refractivity contribution in [2.45, 2.75) is 20.3 Å². The lowest BCUT2D eigenvalue weighted by molar-refractivity contribution is -0.114. The predicted molar refractivity (Wildman–Crippen MR) is 55.1 cm³/mol. The molecular formula is C10H11ClFNO. The number of carbonyl (C=O) groups excluding carboxylic acids is 1. The highest BCUT2D eigenvalue weighted by atomic mass is 35.5. The molecule has 0 unspecified atom stereocenters. The Labute approximate surface area is 87.1 Å². The molecule has 0 aliphatic heterocycles. The average Bonchev–Trinajstić information content (AvgIpc) is 2.08. The van der Waals surface area contributed by atoms with Gasteiger partial charge in [0.15, 0.2) is 0 Å². The largest absolute Gasteiger partial charge is 0.325 e. The first kappa shape index (κ1) is 11.0. The molecule has 4 heteroatoms. The van der Waals surface area contributed by atoms with E-state index in [1.807, 2.05) is 6.92 Å². The van der Waals surface area contributed by atoms with E-state index in [-0.39, 0.29) is 16.7 Å². The van der Waals surface area contributed by atoms with E-state index < -0.39 is 0 Å². The molecule has 0 aliphatic rings. The normalized spacial score (nSPS) is 10.0. The number of carbonyl (C=O) groups is 1. The van der Waals surface area contributed by atoms with Crippen molar-refractivity contribution in [3.8, 4) is 0 Å². The molecule has 76 valence electrons. The van der Waals surface area contributed by atoms with E-state index in [9.17, 15) is 9.18 Å². The Morgan fingerprint density at radius 2 is 2.21 bits per heavy atom. The van der Waals surface area contributed by atoms with E-state index in [2.05, 4.69) is 5.32 Å². The topological polar surface area (TPSA) is 29.1 Å². The third kappa shape index (κ3) is 2.45. The number of anilines is 1. The highest BCUT2D eigenvalue weighted by Crippen LogP contribution is 2.27. The van der Waals surface area contributed by atoms with Crippen LogP contribution in [0.5, 0.6) is 0 Å². The van der Waals surface area contributed by atoms with Gasteiger partial charge in [-0.15, -0.1) is 0 Å². The molecule has 0 heterocycles. The van der Waals surface area contributed by atoms with Crippen molar-refractivity contribution in [2.24, 2.45) is 0 Å². The Balaban J connectivity index is 3.18. The predicted octanol–water partition coefficient (Wildman–Crippen LogP) is 3.00. The lowest BCUT2D eigenvalue weighted by atomic mass is 10.1. The lowest BCUT2D eigenvalue weighted by Crippen LogP contribution is -2.08. The Hall–Kier alpha value is -1.09. The lowest BCUT2D eigenvalue weighted by Gasteiger charge is -2.10. The molecule has 1 N–H and O–H groups in total. The van der Waals surface area contributed by atoms with Gasteiger partial charge in [-0.3, -0.25) is 4.79 Å². The summed E-state index contributed by atoms with van der Waals surface area (Å²) in [4.78, 5) is 10.9. The third-order valence-corrected chi connectivity index (χ3v) is 2.12. The third-order valence-electron chi connectivity index (χ3n) is 1.82. The molecule has 0 saturated carbocycles. The highest BCUT2D eigenvalue weighted by Gasteiger charge is 2.09.